The van der Waals surface area contributed by atoms with Gasteiger partial charge in [0.2, 0.25) is 5.91 Å². The van der Waals surface area contributed by atoms with E-state index in [1.54, 1.807) is 0 Å². The summed E-state index contributed by atoms with van der Waals surface area (Å²) in [6, 6.07) is 5.84. The van der Waals surface area contributed by atoms with Gasteiger partial charge >= 0.3 is 0 Å². The molecule has 1 unspecified atom stereocenters. The molecule has 2 heterocycles. The SMILES string of the molecule is NC1(C(=O)NCCc2ccc3c(c2)OCCO3)CCOC1. The number of carbonyl (C=O) groups is 1. The van der Waals surface area contributed by atoms with E-state index in [9.17, 15) is 4.79 Å². The largest absolute Gasteiger partial charge is 0.486 e. The smallest absolute Gasteiger partial charge is 0.242 e. The van der Waals surface area contributed by atoms with E-state index in [-0.39, 0.29) is 5.91 Å². The zero-order valence-corrected chi connectivity index (χ0v) is 11.9. The van der Waals surface area contributed by atoms with Crippen LogP contribution in [-0.4, -0.2) is 44.4 Å². The van der Waals surface area contributed by atoms with Gasteiger partial charge in [0.1, 0.15) is 18.8 Å². The molecule has 3 N–H and O–H groups in total. The van der Waals surface area contributed by atoms with Gasteiger partial charge < -0.3 is 25.3 Å². The fraction of sp³-hybridized carbons (Fsp3) is 0.533. The van der Waals surface area contributed by atoms with E-state index in [2.05, 4.69) is 5.32 Å². The number of hydrogen-bond acceptors (Lipinski definition) is 5. The van der Waals surface area contributed by atoms with E-state index in [1.165, 1.54) is 0 Å². The summed E-state index contributed by atoms with van der Waals surface area (Å²) in [7, 11) is 0. The van der Waals surface area contributed by atoms with Crippen molar-refractivity contribution in [2.45, 2.75) is 18.4 Å². The van der Waals surface area contributed by atoms with Crippen LogP contribution in [0.1, 0.15) is 12.0 Å². The van der Waals surface area contributed by atoms with Crippen molar-refractivity contribution in [2.75, 3.05) is 33.0 Å². The lowest BCUT2D eigenvalue weighted by Crippen LogP contribution is -2.54. The summed E-state index contributed by atoms with van der Waals surface area (Å²) in [6.45, 7) is 2.54. The van der Waals surface area contributed by atoms with Crippen LogP contribution in [0.4, 0.5) is 0 Å². The van der Waals surface area contributed by atoms with Crippen LogP contribution < -0.4 is 20.5 Å². The summed E-state index contributed by atoms with van der Waals surface area (Å²) in [5.41, 5.74) is 6.22. The van der Waals surface area contributed by atoms with Gasteiger partial charge in [0.25, 0.3) is 0 Å². The van der Waals surface area contributed by atoms with Crippen molar-refractivity contribution in [3.05, 3.63) is 23.8 Å². The van der Waals surface area contributed by atoms with Crippen molar-refractivity contribution in [1.29, 1.82) is 0 Å². The molecule has 0 spiro atoms. The van der Waals surface area contributed by atoms with Crippen LogP contribution in [0.2, 0.25) is 0 Å². The summed E-state index contributed by atoms with van der Waals surface area (Å²) < 4.78 is 16.2. The zero-order chi connectivity index (χ0) is 14.7. The highest BCUT2D eigenvalue weighted by Crippen LogP contribution is 2.30. The number of carbonyl (C=O) groups excluding carboxylic acids is 1. The molecule has 1 aromatic carbocycles. The van der Waals surface area contributed by atoms with Crippen LogP contribution >= 0.6 is 0 Å². The Morgan fingerprint density at radius 1 is 1.24 bits per heavy atom. The van der Waals surface area contributed by atoms with E-state index < -0.39 is 5.54 Å². The molecule has 1 fully saturated rings. The molecule has 2 aliphatic heterocycles. The summed E-state index contributed by atoms with van der Waals surface area (Å²) in [5, 5.41) is 2.88. The third kappa shape index (κ3) is 3.11. The Bertz CT molecular complexity index is 526. The second kappa shape index (κ2) is 5.91. The lowest BCUT2D eigenvalue weighted by atomic mass is 9.99. The summed E-state index contributed by atoms with van der Waals surface area (Å²) in [4.78, 5) is 12.0. The van der Waals surface area contributed by atoms with Crippen molar-refractivity contribution < 1.29 is 19.0 Å². The van der Waals surface area contributed by atoms with E-state index in [0.29, 0.717) is 39.4 Å². The normalized spacial score (nSPS) is 23.9. The molecule has 0 bridgehead atoms. The third-order valence-corrected chi connectivity index (χ3v) is 3.81. The zero-order valence-electron chi connectivity index (χ0n) is 11.9. The first-order valence-electron chi connectivity index (χ1n) is 7.21. The number of nitrogens with two attached hydrogens (primary N) is 1. The standard InChI is InChI=1S/C15H20N2O4/c16-15(4-6-19-10-15)14(18)17-5-3-11-1-2-12-13(9-11)21-8-7-20-12/h1-2,9H,3-8,10,16H2,(H,17,18). The van der Waals surface area contributed by atoms with Crippen LogP contribution in [0.3, 0.4) is 0 Å². The summed E-state index contributed by atoms with van der Waals surface area (Å²) in [6.07, 6.45) is 1.29. The van der Waals surface area contributed by atoms with Crippen molar-refractivity contribution >= 4 is 5.91 Å². The Balaban J connectivity index is 1.52. The number of rotatable bonds is 4. The fourth-order valence-electron chi connectivity index (χ4n) is 2.50. The van der Waals surface area contributed by atoms with Crippen LogP contribution in [-0.2, 0) is 16.0 Å². The molecule has 0 aliphatic carbocycles. The molecule has 0 radical (unpaired) electrons. The van der Waals surface area contributed by atoms with Gasteiger partial charge in [-0.2, -0.15) is 0 Å². The van der Waals surface area contributed by atoms with Crippen LogP contribution in [0.25, 0.3) is 0 Å². The average Bonchev–Trinajstić information content (AvgIpc) is 2.95. The highest BCUT2D eigenvalue weighted by atomic mass is 16.6. The van der Waals surface area contributed by atoms with Crippen molar-refractivity contribution in [1.82, 2.24) is 5.32 Å². The number of fused-ring (bicyclic) bond motifs is 1. The van der Waals surface area contributed by atoms with Crippen molar-refractivity contribution in [2.24, 2.45) is 5.73 Å². The van der Waals surface area contributed by atoms with E-state index >= 15 is 0 Å². The van der Waals surface area contributed by atoms with E-state index in [0.717, 1.165) is 23.5 Å². The Hall–Kier alpha value is -1.79. The molecule has 6 nitrogen and oxygen atoms in total. The molecule has 3 rings (SSSR count). The highest BCUT2D eigenvalue weighted by Gasteiger charge is 2.37. The average molecular weight is 292 g/mol. The monoisotopic (exact) mass is 292 g/mol. The molecule has 1 saturated heterocycles. The Morgan fingerprint density at radius 3 is 2.81 bits per heavy atom. The Morgan fingerprint density at radius 2 is 2.05 bits per heavy atom. The van der Waals surface area contributed by atoms with Crippen LogP contribution in [0.15, 0.2) is 18.2 Å². The maximum absolute atomic E-state index is 12.0. The number of amides is 1. The quantitative estimate of drug-likeness (QED) is 0.830. The predicted molar refractivity (Wildman–Crippen MR) is 76.5 cm³/mol. The summed E-state index contributed by atoms with van der Waals surface area (Å²) in [5.74, 6) is 1.40. The minimum Gasteiger partial charge on any atom is -0.486 e. The van der Waals surface area contributed by atoms with Gasteiger partial charge in [-0.05, 0) is 30.5 Å². The molecule has 2 aliphatic rings. The minimum absolute atomic E-state index is 0.141. The van der Waals surface area contributed by atoms with Crippen LogP contribution in [0.5, 0.6) is 11.5 Å². The van der Waals surface area contributed by atoms with Gasteiger partial charge in [-0.15, -0.1) is 0 Å². The number of ether oxygens (including phenoxy) is 3. The molecule has 1 atom stereocenters. The first-order chi connectivity index (χ1) is 10.2. The fourth-order valence-corrected chi connectivity index (χ4v) is 2.50. The molecule has 21 heavy (non-hydrogen) atoms. The predicted octanol–water partition coefficient (Wildman–Crippen LogP) is 0.234. The third-order valence-electron chi connectivity index (χ3n) is 3.81. The highest BCUT2D eigenvalue weighted by molar-refractivity contribution is 5.86. The first kappa shape index (κ1) is 14.2. The van der Waals surface area contributed by atoms with E-state index in [1.807, 2.05) is 18.2 Å². The molecular formula is C15H20N2O4. The van der Waals surface area contributed by atoms with E-state index in [4.69, 9.17) is 19.9 Å². The van der Waals surface area contributed by atoms with Gasteiger partial charge in [0.05, 0.1) is 6.61 Å². The van der Waals surface area contributed by atoms with Gasteiger partial charge in [-0.3, -0.25) is 4.79 Å². The molecule has 1 aromatic rings. The lowest BCUT2D eigenvalue weighted by Gasteiger charge is -2.21. The number of benzene rings is 1. The topological polar surface area (TPSA) is 82.8 Å². The van der Waals surface area contributed by atoms with Gasteiger partial charge in [0.15, 0.2) is 11.5 Å². The molecule has 0 saturated carbocycles. The molecule has 114 valence electrons. The van der Waals surface area contributed by atoms with Gasteiger partial charge in [-0.25, -0.2) is 0 Å². The Labute approximate surface area is 123 Å². The Kier molecular flexibility index (Phi) is 3.98. The van der Waals surface area contributed by atoms with Gasteiger partial charge in [0, 0.05) is 13.2 Å². The lowest BCUT2D eigenvalue weighted by molar-refractivity contribution is -0.126. The van der Waals surface area contributed by atoms with Crippen molar-refractivity contribution in [3.8, 4) is 11.5 Å². The first-order valence-corrected chi connectivity index (χ1v) is 7.21. The van der Waals surface area contributed by atoms with Crippen molar-refractivity contribution in [3.63, 3.8) is 0 Å². The maximum atomic E-state index is 12.0. The molecule has 1 amide bonds. The number of nitrogens with one attached hydrogen (secondary N) is 1. The molecule has 0 aromatic heterocycles. The van der Waals surface area contributed by atoms with Gasteiger partial charge in [-0.1, -0.05) is 6.07 Å². The second-order valence-electron chi connectivity index (χ2n) is 5.44. The summed E-state index contributed by atoms with van der Waals surface area (Å²) >= 11 is 0. The van der Waals surface area contributed by atoms with Crippen LogP contribution in [0, 0.1) is 0 Å². The molecular weight excluding hydrogens is 272 g/mol. The maximum Gasteiger partial charge on any atom is 0.242 e. The molecule has 6 heteroatoms. The second-order valence-corrected chi connectivity index (χ2v) is 5.44. The number of hydrogen-bond donors (Lipinski definition) is 2. The minimum atomic E-state index is -0.868.